The summed E-state index contributed by atoms with van der Waals surface area (Å²) in [5, 5.41) is 17.5. The van der Waals surface area contributed by atoms with Crippen LogP contribution in [0, 0.1) is 13.8 Å². The smallest absolute Gasteiger partial charge is 0.387 e. The molecule has 3 N–H and O–H groups in total. The number of nitrogens with zero attached hydrogens (tertiary/aromatic N) is 4. The Balaban J connectivity index is 1.06. The summed E-state index contributed by atoms with van der Waals surface area (Å²) >= 11 is 0. The first-order valence-corrected chi connectivity index (χ1v) is 18.1. The van der Waals surface area contributed by atoms with Crippen LogP contribution in [0.25, 0.3) is 44.6 Å². The molecular formula is C41H40F2N6O5. The van der Waals surface area contributed by atoms with Gasteiger partial charge in [0.15, 0.2) is 11.4 Å². The van der Waals surface area contributed by atoms with Crippen molar-refractivity contribution in [2.24, 2.45) is 0 Å². The Morgan fingerprint density at radius 2 is 1.87 bits per heavy atom. The molecule has 13 heteroatoms. The van der Waals surface area contributed by atoms with E-state index in [0.29, 0.717) is 30.2 Å². The van der Waals surface area contributed by atoms with Crippen molar-refractivity contribution in [3.05, 3.63) is 95.3 Å². The number of anilines is 2. The molecule has 0 saturated carbocycles. The number of carbonyl (C=O) groups excluding carboxylic acids is 1. The molecule has 0 bridgehead atoms. The summed E-state index contributed by atoms with van der Waals surface area (Å²) in [5.41, 5.74) is 8.26. The molecule has 3 aromatic heterocycles. The van der Waals surface area contributed by atoms with E-state index >= 15 is 0 Å². The van der Waals surface area contributed by atoms with Crippen molar-refractivity contribution in [2.45, 2.75) is 65.0 Å². The number of aromatic nitrogens is 3. The molecule has 0 amide bonds. The Bertz CT molecular complexity index is 2340. The van der Waals surface area contributed by atoms with Gasteiger partial charge in [0.25, 0.3) is 0 Å². The first kappa shape index (κ1) is 35.5. The lowest BCUT2D eigenvalue weighted by atomic mass is 9.93. The minimum Gasteiger partial charge on any atom is -0.460 e. The second kappa shape index (κ2) is 15.1. The van der Waals surface area contributed by atoms with Crippen LogP contribution < -0.4 is 15.4 Å². The fraction of sp³-hybridized carbons (Fsp3) is 0.317. The second-order valence-corrected chi connectivity index (χ2v) is 13.9. The van der Waals surface area contributed by atoms with Crippen molar-refractivity contribution in [1.82, 2.24) is 25.2 Å². The third-order valence-corrected chi connectivity index (χ3v) is 10.3. The van der Waals surface area contributed by atoms with E-state index < -0.39 is 18.6 Å². The number of β-amino-alcohol motifs (C(OH)–C–C–N with tert-alkyl or cyclic N) is 1. The number of nitrogens with one attached hydrogen (secondary N) is 2. The van der Waals surface area contributed by atoms with E-state index in [1.165, 1.54) is 6.07 Å². The molecule has 1 unspecified atom stereocenters. The Labute approximate surface area is 310 Å². The normalized spacial score (nSPS) is 17.5. The summed E-state index contributed by atoms with van der Waals surface area (Å²) in [6.45, 7) is 3.72. The molecule has 2 fully saturated rings. The van der Waals surface area contributed by atoms with Crippen LogP contribution in [-0.2, 0) is 22.7 Å². The number of rotatable bonds is 11. The van der Waals surface area contributed by atoms with Crippen LogP contribution in [0.15, 0.2) is 77.5 Å². The molecule has 0 spiro atoms. The van der Waals surface area contributed by atoms with Gasteiger partial charge in [-0.25, -0.2) is 9.97 Å². The summed E-state index contributed by atoms with van der Waals surface area (Å²) in [5.74, 6) is 0.382. The van der Waals surface area contributed by atoms with E-state index in [-0.39, 0.29) is 29.6 Å². The summed E-state index contributed by atoms with van der Waals surface area (Å²) in [6, 6.07) is 18.5. The number of likely N-dealkylation sites (tertiary alicyclic amines) is 1. The van der Waals surface area contributed by atoms with Gasteiger partial charge in [0, 0.05) is 60.3 Å². The van der Waals surface area contributed by atoms with E-state index in [0.717, 1.165) is 82.4 Å². The maximum atomic E-state index is 13.4. The maximum Gasteiger partial charge on any atom is 0.387 e. The number of hydrogen-bond donors (Lipinski definition) is 3. The molecule has 11 nitrogen and oxygen atoms in total. The van der Waals surface area contributed by atoms with Crippen molar-refractivity contribution < 1.29 is 32.6 Å². The molecule has 0 aliphatic carbocycles. The maximum absolute atomic E-state index is 13.4. The molecule has 54 heavy (non-hydrogen) atoms. The molecule has 2 saturated heterocycles. The monoisotopic (exact) mass is 734 g/mol. The van der Waals surface area contributed by atoms with Gasteiger partial charge in [-0.1, -0.05) is 24.3 Å². The number of carbonyl (C=O) groups is 1. The minimum absolute atomic E-state index is 0.142. The Morgan fingerprint density at radius 3 is 2.65 bits per heavy atom. The number of aliphatic hydroxyl groups excluding tert-OH is 1. The van der Waals surface area contributed by atoms with E-state index in [4.69, 9.17) is 23.9 Å². The van der Waals surface area contributed by atoms with Crippen molar-refractivity contribution in [3.63, 3.8) is 0 Å². The predicted octanol–water partition coefficient (Wildman–Crippen LogP) is 7.43. The van der Waals surface area contributed by atoms with Gasteiger partial charge >= 0.3 is 12.6 Å². The fourth-order valence-corrected chi connectivity index (χ4v) is 7.41. The zero-order chi connectivity index (χ0) is 37.3. The van der Waals surface area contributed by atoms with Crippen LogP contribution in [0.4, 0.5) is 20.3 Å². The number of aliphatic hydroxyl groups is 1. The molecular weight excluding hydrogens is 694 g/mol. The van der Waals surface area contributed by atoms with Gasteiger partial charge in [-0.05, 0) is 97.8 Å². The molecule has 278 valence electrons. The molecule has 3 aromatic carbocycles. The lowest BCUT2D eigenvalue weighted by Gasteiger charge is -2.17. The number of esters is 1. The van der Waals surface area contributed by atoms with Crippen LogP contribution in [-0.4, -0.2) is 69.3 Å². The zero-order valence-electron chi connectivity index (χ0n) is 29.9. The van der Waals surface area contributed by atoms with Crippen LogP contribution in [0.2, 0.25) is 0 Å². The number of oxazole rings is 1. The number of ether oxygens (including phenoxy) is 2. The van der Waals surface area contributed by atoms with Crippen molar-refractivity contribution in [2.75, 3.05) is 25.0 Å². The van der Waals surface area contributed by atoms with Crippen molar-refractivity contribution >= 4 is 39.5 Å². The van der Waals surface area contributed by atoms with Crippen LogP contribution in [0.1, 0.15) is 41.5 Å². The third kappa shape index (κ3) is 7.34. The number of fused-ring (bicyclic) bond motifs is 2. The SMILES string of the molecule is Cc1c(Nc2nccc3cc(CN4CCC(O)C4)cnc23)cccc1-c1cccc(-c2nc3cc(COC(=O)[C@@H]4CCCN4)c(OC(F)F)cc3o2)c1C. The average molecular weight is 735 g/mol. The second-order valence-electron chi connectivity index (χ2n) is 13.9. The summed E-state index contributed by atoms with van der Waals surface area (Å²) in [6.07, 6.45) is 5.70. The molecule has 2 atom stereocenters. The highest BCUT2D eigenvalue weighted by molar-refractivity contribution is 5.91. The number of pyridine rings is 2. The molecule has 2 aliphatic rings. The summed E-state index contributed by atoms with van der Waals surface area (Å²) < 4.78 is 43.2. The zero-order valence-corrected chi connectivity index (χ0v) is 29.9. The molecule has 0 radical (unpaired) electrons. The fourth-order valence-electron chi connectivity index (χ4n) is 7.41. The molecule has 2 aliphatic heterocycles. The van der Waals surface area contributed by atoms with E-state index in [2.05, 4.69) is 32.7 Å². The predicted molar refractivity (Wildman–Crippen MR) is 201 cm³/mol. The van der Waals surface area contributed by atoms with Crippen LogP contribution in [0.3, 0.4) is 0 Å². The van der Waals surface area contributed by atoms with E-state index in [1.54, 1.807) is 12.3 Å². The Kier molecular flexibility index (Phi) is 9.93. The van der Waals surface area contributed by atoms with Crippen LogP contribution >= 0.6 is 0 Å². The average Bonchev–Trinajstić information content (AvgIpc) is 3.93. The van der Waals surface area contributed by atoms with Crippen LogP contribution in [0.5, 0.6) is 5.75 Å². The molecule has 5 heterocycles. The third-order valence-electron chi connectivity index (χ3n) is 10.3. The van der Waals surface area contributed by atoms with Gasteiger partial charge < -0.3 is 29.6 Å². The standard InChI is InChI=1S/C41H40F2N6O5/c1-23-29(30-7-4-9-32(24(30)2)47-38-37-26(11-14-45-38)16-25(19-46-37)20-49-15-12-28(50)21-49)6-3-8-31(23)39-48-34-17-27(22-52-40(51)33-10-5-13-44-33)35(54-41(42)43)18-36(34)53-39/h3-4,6-9,11,14,16-19,28,33,41,44,50H,5,10,12-13,15,20-22H2,1-2H3,(H,45,47)/t28?,33-/m0/s1. The summed E-state index contributed by atoms with van der Waals surface area (Å²) in [7, 11) is 0. The Morgan fingerprint density at radius 1 is 1.06 bits per heavy atom. The molecule has 8 rings (SSSR count). The lowest BCUT2D eigenvalue weighted by molar-refractivity contribution is -0.147. The first-order chi connectivity index (χ1) is 26.2. The number of halogens is 2. The number of hydrogen-bond acceptors (Lipinski definition) is 11. The van der Waals surface area contributed by atoms with Gasteiger partial charge in [0.1, 0.15) is 29.4 Å². The largest absolute Gasteiger partial charge is 0.460 e. The minimum atomic E-state index is -3.08. The van der Waals surface area contributed by atoms with Gasteiger partial charge in [0.2, 0.25) is 5.89 Å². The lowest BCUT2D eigenvalue weighted by Crippen LogP contribution is -2.32. The van der Waals surface area contributed by atoms with Crippen molar-refractivity contribution in [1.29, 1.82) is 0 Å². The van der Waals surface area contributed by atoms with E-state index in [9.17, 15) is 18.7 Å². The van der Waals surface area contributed by atoms with E-state index in [1.807, 2.05) is 56.4 Å². The van der Waals surface area contributed by atoms with Gasteiger partial charge in [-0.15, -0.1) is 0 Å². The van der Waals surface area contributed by atoms with Gasteiger partial charge in [0.05, 0.1) is 6.10 Å². The number of benzene rings is 3. The number of alkyl halides is 2. The molecule has 6 aromatic rings. The van der Waals surface area contributed by atoms with Gasteiger partial charge in [-0.2, -0.15) is 8.78 Å². The summed E-state index contributed by atoms with van der Waals surface area (Å²) in [4.78, 5) is 28.9. The van der Waals surface area contributed by atoms with Gasteiger partial charge in [-0.3, -0.25) is 14.7 Å². The highest BCUT2D eigenvalue weighted by atomic mass is 19.3. The Hall–Kier alpha value is -5.50. The topological polar surface area (TPSA) is 135 Å². The van der Waals surface area contributed by atoms with Crippen molar-refractivity contribution in [3.8, 4) is 28.3 Å². The quantitative estimate of drug-likeness (QED) is 0.115. The first-order valence-electron chi connectivity index (χ1n) is 18.1. The highest BCUT2D eigenvalue weighted by Crippen LogP contribution is 2.38. The highest BCUT2D eigenvalue weighted by Gasteiger charge is 2.25.